The average molecular weight is 548 g/mol. The van der Waals surface area contributed by atoms with E-state index in [1.54, 1.807) is 22.7 Å². The third kappa shape index (κ3) is 5.78. The van der Waals surface area contributed by atoms with Crippen LogP contribution in [0.3, 0.4) is 0 Å². The van der Waals surface area contributed by atoms with Crippen molar-refractivity contribution in [3.63, 3.8) is 0 Å². The van der Waals surface area contributed by atoms with Crippen molar-refractivity contribution in [2.45, 2.75) is 44.9 Å². The maximum Gasteiger partial charge on any atom is 0.416 e. The number of carbonyl (C=O) groups is 2. The molecule has 13 heteroatoms. The smallest absolute Gasteiger partial charge is 0.383 e. The highest BCUT2D eigenvalue weighted by Gasteiger charge is 2.31. The second-order valence-corrected chi connectivity index (χ2v) is 9.38. The molecule has 1 saturated heterocycles. The van der Waals surface area contributed by atoms with Gasteiger partial charge in [0.05, 0.1) is 24.3 Å². The second kappa shape index (κ2) is 10.8. The molecule has 1 atom stereocenters. The number of rotatable bonds is 5. The van der Waals surface area contributed by atoms with Crippen molar-refractivity contribution in [3.8, 4) is 23.1 Å². The van der Waals surface area contributed by atoms with Gasteiger partial charge in [-0.25, -0.2) is 4.68 Å². The van der Waals surface area contributed by atoms with Gasteiger partial charge in [0.1, 0.15) is 17.1 Å². The van der Waals surface area contributed by atoms with Gasteiger partial charge in [-0.3, -0.25) is 14.3 Å². The molecule has 0 unspecified atom stereocenters. The van der Waals surface area contributed by atoms with E-state index in [4.69, 9.17) is 23.1 Å². The first-order valence-electron chi connectivity index (χ1n) is 11.8. The van der Waals surface area contributed by atoms with Crippen LogP contribution in [0.5, 0.6) is 0 Å². The van der Waals surface area contributed by atoms with E-state index in [-0.39, 0.29) is 40.6 Å². The van der Waals surface area contributed by atoms with Gasteiger partial charge in [-0.05, 0) is 55.9 Å². The van der Waals surface area contributed by atoms with Gasteiger partial charge in [0.2, 0.25) is 0 Å². The van der Waals surface area contributed by atoms with Crippen LogP contribution in [0, 0.1) is 11.8 Å². The number of hydrogen-bond donors (Lipinski definition) is 2. The molecule has 4 N–H and O–H groups in total. The Labute approximate surface area is 221 Å². The van der Waals surface area contributed by atoms with Crippen LogP contribution < -0.4 is 11.5 Å². The van der Waals surface area contributed by atoms with Crippen molar-refractivity contribution < 1.29 is 22.8 Å². The van der Waals surface area contributed by atoms with E-state index in [2.05, 4.69) is 22.0 Å². The standard InChI is InChI=1S/C25H25ClF3N7O2/c1-2-4-20(37)34-7-3-5-19(6-8-34)36-23(30)21(24(31)38)22(33-36)16-12-32-35(14-16)13-15-9-17(25(27,28)29)11-18(26)10-15/h9-12,14,19H,3,5-8,13,30H2,1H3,(H2,31,38)/t19-/m0/s1. The van der Waals surface area contributed by atoms with Gasteiger partial charge in [0.15, 0.2) is 0 Å². The zero-order valence-corrected chi connectivity index (χ0v) is 21.2. The summed E-state index contributed by atoms with van der Waals surface area (Å²) in [5.41, 5.74) is 12.1. The topological polar surface area (TPSA) is 125 Å². The van der Waals surface area contributed by atoms with Gasteiger partial charge < -0.3 is 16.4 Å². The molecular formula is C25H25ClF3N7O2. The van der Waals surface area contributed by atoms with Crippen LogP contribution in [0.2, 0.25) is 5.02 Å². The summed E-state index contributed by atoms with van der Waals surface area (Å²) in [5, 5.41) is 8.76. The Morgan fingerprint density at radius 1 is 1.21 bits per heavy atom. The Morgan fingerprint density at radius 3 is 2.66 bits per heavy atom. The molecule has 3 heterocycles. The Bertz CT molecular complexity index is 1430. The Kier molecular flexibility index (Phi) is 7.68. The van der Waals surface area contributed by atoms with Crippen molar-refractivity contribution >= 4 is 29.2 Å². The Morgan fingerprint density at radius 2 is 1.97 bits per heavy atom. The molecule has 0 bridgehead atoms. The number of alkyl halides is 3. The molecule has 1 fully saturated rings. The highest BCUT2D eigenvalue weighted by molar-refractivity contribution is 6.30. The molecule has 4 rings (SSSR count). The van der Waals surface area contributed by atoms with Crippen molar-refractivity contribution in [1.82, 2.24) is 24.5 Å². The highest BCUT2D eigenvalue weighted by atomic mass is 35.5. The Balaban J connectivity index is 1.61. The fourth-order valence-electron chi connectivity index (χ4n) is 4.55. The number of nitrogens with two attached hydrogens (primary N) is 2. The number of benzene rings is 1. The number of amides is 2. The van der Waals surface area contributed by atoms with E-state index < -0.39 is 17.6 Å². The van der Waals surface area contributed by atoms with Crippen LogP contribution in [0.4, 0.5) is 19.0 Å². The highest BCUT2D eigenvalue weighted by Crippen LogP contribution is 2.34. The van der Waals surface area contributed by atoms with Crippen LogP contribution in [0.25, 0.3) is 11.3 Å². The number of anilines is 1. The minimum Gasteiger partial charge on any atom is -0.383 e. The summed E-state index contributed by atoms with van der Waals surface area (Å²) in [5.74, 6) is 4.25. The largest absolute Gasteiger partial charge is 0.416 e. The lowest BCUT2D eigenvalue weighted by atomic mass is 10.1. The first-order valence-corrected chi connectivity index (χ1v) is 12.1. The van der Waals surface area contributed by atoms with Crippen LogP contribution in [-0.4, -0.2) is 49.4 Å². The van der Waals surface area contributed by atoms with Gasteiger partial charge in [-0.2, -0.15) is 23.4 Å². The molecule has 1 aliphatic rings. The van der Waals surface area contributed by atoms with Crippen LogP contribution >= 0.6 is 11.6 Å². The van der Waals surface area contributed by atoms with Gasteiger partial charge in [-0.1, -0.05) is 17.5 Å². The van der Waals surface area contributed by atoms with Gasteiger partial charge in [-0.15, -0.1) is 0 Å². The number of halogens is 4. The number of nitrogen functional groups attached to an aromatic ring is 1. The molecule has 2 aromatic heterocycles. The summed E-state index contributed by atoms with van der Waals surface area (Å²) >= 11 is 5.89. The average Bonchev–Trinajstić information content (AvgIpc) is 3.34. The van der Waals surface area contributed by atoms with E-state index in [0.29, 0.717) is 43.5 Å². The van der Waals surface area contributed by atoms with Gasteiger partial charge in [0, 0.05) is 29.9 Å². The molecule has 1 aromatic carbocycles. The van der Waals surface area contributed by atoms with Crippen molar-refractivity contribution in [2.75, 3.05) is 18.8 Å². The molecule has 2 amide bonds. The van der Waals surface area contributed by atoms with E-state index in [1.807, 2.05) is 0 Å². The quantitative estimate of drug-likeness (QED) is 0.471. The number of carbonyl (C=O) groups excluding carboxylic acids is 2. The molecule has 0 spiro atoms. The van der Waals surface area contributed by atoms with Crippen molar-refractivity contribution in [3.05, 3.63) is 52.3 Å². The molecule has 1 aliphatic heterocycles. The summed E-state index contributed by atoms with van der Waals surface area (Å²) < 4.78 is 42.5. The van der Waals surface area contributed by atoms with Crippen LogP contribution in [0.1, 0.15) is 53.7 Å². The summed E-state index contributed by atoms with van der Waals surface area (Å²) in [7, 11) is 0. The SMILES string of the molecule is CC#CC(=O)N1CCC[C@H](n2nc(-c3cnn(Cc4cc(Cl)cc(C(F)(F)F)c4)c3)c(C(N)=O)c2N)CC1. The predicted molar refractivity (Wildman–Crippen MR) is 135 cm³/mol. The summed E-state index contributed by atoms with van der Waals surface area (Å²) in [4.78, 5) is 26.2. The molecule has 38 heavy (non-hydrogen) atoms. The fourth-order valence-corrected chi connectivity index (χ4v) is 4.81. The fraction of sp³-hybridized carbons (Fsp3) is 0.360. The second-order valence-electron chi connectivity index (χ2n) is 8.94. The van der Waals surface area contributed by atoms with Crippen LogP contribution in [0.15, 0.2) is 30.6 Å². The van der Waals surface area contributed by atoms with Gasteiger partial charge >= 0.3 is 6.18 Å². The lowest BCUT2D eigenvalue weighted by Crippen LogP contribution is -2.31. The number of primary amides is 1. The first-order chi connectivity index (χ1) is 18.0. The number of aromatic nitrogens is 4. The lowest BCUT2D eigenvalue weighted by molar-refractivity contribution is -0.137. The maximum atomic E-state index is 13.2. The Hall–Kier alpha value is -3.98. The van der Waals surface area contributed by atoms with Crippen LogP contribution in [-0.2, 0) is 17.5 Å². The number of nitrogens with zero attached hydrogens (tertiary/aromatic N) is 5. The molecule has 0 radical (unpaired) electrons. The minimum absolute atomic E-state index is 0.00111. The number of likely N-dealkylation sites (tertiary alicyclic amines) is 1. The summed E-state index contributed by atoms with van der Waals surface area (Å²) in [6.45, 7) is 2.61. The third-order valence-electron chi connectivity index (χ3n) is 6.29. The molecule has 3 aromatic rings. The zero-order chi connectivity index (χ0) is 27.6. The van der Waals surface area contributed by atoms with E-state index in [0.717, 1.165) is 12.1 Å². The molecular weight excluding hydrogens is 523 g/mol. The van der Waals surface area contributed by atoms with Crippen molar-refractivity contribution in [2.24, 2.45) is 5.73 Å². The first kappa shape index (κ1) is 27.1. The van der Waals surface area contributed by atoms with E-state index in [9.17, 15) is 22.8 Å². The van der Waals surface area contributed by atoms with E-state index >= 15 is 0 Å². The molecule has 200 valence electrons. The number of hydrogen-bond acceptors (Lipinski definition) is 5. The minimum atomic E-state index is -4.54. The monoisotopic (exact) mass is 547 g/mol. The predicted octanol–water partition coefficient (Wildman–Crippen LogP) is 3.73. The van der Waals surface area contributed by atoms with Gasteiger partial charge in [0.25, 0.3) is 11.8 Å². The normalized spacial score (nSPS) is 16.0. The maximum absolute atomic E-state index is 13.2. The zero-order valence-electron chi connectivity index (χ0n) is 20.4. The molecule has 9 nitrogen and oxygen atoms in total. The summed E-state index contributed by atoms with van der Waals surface area (Å²) in [6, 6.07) is 3.09. The van der Waals surface area contributed by atoms with E-state index in [1.165, 1.54) is 16.9 Å². The lowest BCUT2D eigenvalue weighted by Gasteiger charge is -2.18. The third-order valence-corrected chi connectivity index (χ3v) is 6.51. The molecule has 0 aliphatic carbocycles. The summed E-state index contributed by atoms with van der Waals surface area (Å²) in [6.07, 6.45) is 0.355. The van der Waals surface area contributed by atoms with Crippen molar-refractivity contribution in [1.29, 1.82) is 0 Å². The molecule has 0 saturated carbocycles.